The van der Waals surface area contributed by atoms with Gasteiger partial charge in [0.25, 0.3) is 0 Å². The summed E-state index contributed by atoms with van der Waals surface area (Å²) in [7, 11) is 0. The summed E-state index contributed by atoms with van der Waals surface area (Å²) in [4.78, 5) is 12.2. The number of benzene rings is 1. The molecule has 98 valence electrons. The highest BCUT2D eigenvalue weighted by Crippen LogP contribution is 2.29. The zero-order valence-electron chi connectivity index (χ0n) is 10.2. The molecule has 1 fully saturated rings. The lowest BCUT2D eigenvalue weighted by Crippen LogP contribution is -2.50. The van der Waals surface area contributed by atoms with Crippen LogP contribution < -0.4 is 5.73 Å². The fourth-order valence-corrected chi connectivity index (χ4v) is 2.69. The third-order valence-corrected chi connectivity index (χ3v) is 4.11. The van der Waals surface area contributed by atoms with Crippen molar-refractivity contribution in [2.45, 2.75) is 44.1 Å². The minimum Gasteiger partial charge on any atom is -0.319 e. The summed E-state index contributed by atoms with van der Waals surface area (Å²) in [5, 5.41) is 0.0326. The SMILES string of the molecule is NC1(C(=O)Cc2cccc(F)c2Cl)CCCCC1. The fraction of sp³-hybridized carbons (Fsp3) is 0.500. The average molecular weight is 270 g/mol. The summed E-state index contributed by atoms with van der Waals surface area (Å²) < 4.78 is 13.3. The van der Waals surface area contributed by atoms with Crippen molar-refractivity contribution in [3.63, 3.8) is 0 Å². The van der Waals surface area contributed by atoms with Crippen molar-refractivity contribution in [1.82, 2.24) is 0 Å². The van der Waals surface area contributed by atoms with E-state index in [-0.39, 0.29) is 17.2 Å². The van der Waals surface area contributed by atoms with E-state index in [9.17, 15) is 9.18 Å². The van der Waals surface area contributed by atoms with Crippen LogP contribution in [0.25, 0.3) is 0 Å². The lowest BCUT2D eigenvalue weighted by molar-refractivity contribution is -0.124. The van der Waals surface area contributed by atoms with Crippen LogP contribution in [0.1, 0.15) is 37.7 Å². The molecule has 1 aliphatic carbocycles. The van der Waals surface area contributed by atoms with Crippen LogP contribution in [0.5, 0.6) is 0 Å². The van der Waals surface area contributed by atoms with Crippen LogP contribution in [0.4, 0.5) is 4.39 Å². The van der Waals surface area contributed by atoms with Gasteiger partial charge in [0.15, 0.2) is 5.78 Å². The summed E-state index contributed by atoms with van der Waals surface area (Å²) in [6.45, 7) is 0. The summed E-state index contributed by atoms with van der Waals surface area (Å²) in [6, 6.07) is 4.53. The smallest absolute Gasteiger partial charge is 0.157 e. The molecule has 0 amide bonds. The van der Waals surface area contributed by atoms with Gasteiger partial charge < -0.3 is 5.73 Å². The number of ketones is 1. The molecule has 0 aliphatic heterocycles. The van der Waals surface area contributed by atoms with Crippen LogP contribution in [-0.4, -0.2) is 11.3 Å². The molecule has 1 aromatic rings. The number of hydrogen-bond donors (Lipinski definition) is 1. The van der Waals surface area contributed by atoms with Crippen LogP contribution >= 0.6 is 11.6 Å². The number of carbonyl (C=O) groups is 1. The lowest BCUT2D eigenvalue weighted by atomic mass is 9.78. The van der Waals surface area contributed by atoms with Crippen LogP contribution in [-0.2, 0) is 11.2 Å². The minimum absolute atomic E-state index is 0.0326. The first-order chi connectivity index (χ1) is 8.53. The van der Waals surface area contributed by atoms with Gasteiger partial charge in [-0.05, 0) is 24.5 Å². The zero-order valence-corrected chi connectivity index (χ0v) is 11.0. The van der Waals surface area contributed by atoms with E-state index >= 15 is 0 Å². The van der Waals surface area contributed by atoms with Crippen LogP contribution in [0.3, 0.4) is 0 Å². The lowest BCUT2D eigenvalue weighted by Gasteiger charge is -2.32. The number of nitrogens with two attached hydrogens (primary N) is 1. The number of carbonyl (C=O) groups excluding carboxylic acids is 1. The highest BCUT2D eigenvalue weighted by atomic mass is 35.5. The molecule has 0 spiro atoms. The third kappa shape index (κ3) is 2.73. The predicted molar refractivity (Wildman–Crippen MR) is 70.1 cm³/mol. The van der Waals surface area contributed by atoms with Crippen molar-refractivity contribution in [2.75, 3.05) is 0 Å². The molecule has 2 rings (SSSR count). The molecule has 2 N–H and O–H groups in total. The second-order valence-electron chi connectivity index (χ2n) is 5.03. The molecule has 0 bridgehead atoms. The van der Waals surface area contributed by atoms with E-state index in [4.69, 9.17) is 17.3 Å². The zero-order chi connectivity index (χ0) is 13.2. The molecule has 4 heteroatoms. The first kappa shape index (κ1) is 13.5. The van der Waals surface area contributed by atoms with Crippen molar-refractivity contribution in [3.05, 3.63) is 34.6 Å². The first-order valence-electron chi connectivity index (χ1n) is 6.28. The van der Waals surface area contributed by atoms with E-state index in [1.807, 2.05) is 0 Å². The number of rotatable bonds is 3. The Morgan fingerprint density at radius 3 is 2.67 bits per heavy atom. The highest BCUT2D eigenvalue weighted by Gasteiger charge is 2.34. The van der Waals surface area contributed by atoms with Gasteiger partial charge in [0, 0.05) is 6.42 Å². The maximum absolute atomic E-state index is 13.3. The largest absolute Gasteiger partial charge is 0.319 e. The van der Waals surface area contributed by atoms with E-state index in [0.717, 1.165) is 32.1 Å². The topological polar surface area (TPSA) is 43.1 Å². The second-order valence-corrected chi connectivity index (χ2v) is 5.41. The molecule has 1 aliphatic rings. The Morgan fingerprint density at radius 1 is 1.33 bits per heavy atom. The molecule has 18 heavy (non-hydrogen) atoms. The fourth-order valence-electron chi connectivity index (χ4n) is 2.50. The maximum Gasteiger partial charge on any atom is 0.157 e. The number of Topliss-reactive ketones (excluding diaryl/α,β-unsaturated/α-hetero) is 1. The Bertz CT molecular complexity index is 455. The van der Waals surface area contributed by atoms with Gasteiger partial charge in [0.1, 0.15) is 5.82 Å². The summed E-state index contributed by atoms with van der Waals surface area (Å²) in [5.74, 6) is -0.522. The van der Waals surface area contributed by atoms with Crippen LogP contribution in [0, 0.1) is 5.82 Å². The first-order valence-corrected chi connectivity index (χ1v) is 6.66. The molecule has 2 nitrogen and oxygen atoms in total. The van der Waals surface area contributed by atoms with E-state index in [2.05, 4.69) is 0 Å². The van der Waals surface area contributed by atoms with Gasteiger partial charge in [0.05, 0.1) is 10.6 Å². The highest BCUT2D eigenvalue weighted by molar-refractivity contribution is 6.31. The van der Waals surface area contributed by atoms with Crippen molar-refractivity contribution < 1.29 is 9.18 Å². The van der Waals surface area contributed by atoms with Gasteiger partial charge in [-0.2, -0.15) is 0 Å². The van der Waals surface area contributed by atoms with Crippen molar-refractivity contribution in [1.29, 1.82) is 0 Å². The quantitative estimate of drug-likeness (QED) is 0.915. The second kappa shape index (κ2) is 5.37. The molecule has 0 saturated heterocycles. The van der Waals surface area contributed by atoms with E-state index in [1.165, 1.54) is 6.07 Å². The molecule has 1 aromatic carbocycles. The Morgan fingerprint density at radius 2 is 2.00 bits per heavy atom. The number of halogens is 2. The molecule has 0 heterocycles. The molecule has 0 aromatic heterocycles. The van der Waals surface area contributed by atoms with Crippen molar-refractivity contribution >= 4 is 17.4 Å². The third-order valence-electron chi connectivity index (χ3n) is 3.68. The predicted octanol–water partition coefficient (Wildman–Crippen LogP) is 3.25. The molecule has 0 radical (unpaired) electrons. The van der Waals surface area contributed by atoms with Gasteiger partial charge in [-0.25, -0.2) is 4.39 Å². The molecular weight excluding hydrogens is 253 g/mol. The monoisotopic (exact) mass is 269 g/mol. The summed E-state index contributed by atoms with van der Waals surface area (Å²) in [6.07, 6.45) is 4.66. The van der Waals surface area contributed by atoms with E-state index in [0.29, 0.717) is 5.56 Å². The standard InChI is InChI=1S/C14H17ClFNO/c15-13-10(5-4-6-11(13)16)9-12(18)14(17)7-2-1-3-8-14/h4-6H,1-3,7-9,17H2. The van der Waals surface area contributed by atoms with Crippen molar-refractivity contribution in [3.8, 4) is 0 Å². The molecular formula is C14H17ClFNO. The molecule has 0 atom stereocenters. The molecule has 1 saturated carbocycles. The Kier molecular flexibility index (Phi) is 4.03. The van der Waals surface area contributed by atoms with Crippen LogP contribution in [0.15, 0.2) is 18.2 Å². The minimum atomic E-state index is -0.742. The van der Waals surface area contributed by atoms with E-state index in [1.54, 1.807) is 12.1 Å². The normalized spacial score (nSPS) is 18.6. The van der Waals surface area contributed by atoms with E-state index < -0.39 is 11.4 Å². The Balaban J connectivity index is 2.13. The number of hydrogen-bond acceptors (Lipinski definition) is 2. The van der Waals surface area contributed by atoms with Crippen LogP contribution in [0.2, 0.25) is 5.02 Å². The van der Waals surface area contributed by atoms with Gasteiger partial charge in [-0.15, -0.1) is 0 Å². The van der Waals surface area contributed by atoms with Gasteiger partial charge >= 0.3 is 0 Å². The summed E-state index contributed by atoms with van der Waals surface area (Å²) in [5.41, 5.74) is 5.94. The van der Waals surface area contributed by atoms with Crippen molar-refractivity contribution in [2.24, 2.45) is 5.73 Å². The van der Waals surface area contributed by atoms with Gasteiger partial charge in [0.2, 0.25) is 0 Å². The molecule has 0 unspecified atom stereocenters. The summed E-state index contributed by atoms with van der Waals surface area (Å²) >= 11 is 5.85. The van der Waals surface area contributed by atoms with Gasteiger partial charge in [-0.1, -0.05) is 43.0 Å². The Hall–Kier alpha value is -0.930. The Labute approximate surface area is 111 Å². The van der Waals surface area contributed by atoms with Gasteiger partial charge in [-0.3, -0.25) is 4.79 Å². The average Bonchev–Trinajstić information content (AvgIpc) is 2.36. The maximum atomic E-state index is 13.3.